The number of nitrogens with one attached hydrogen (secondary N) is 2. The van der Waals surface area contributed by atoms with Gasteiger partial charge in [-0.25, -0.2) is 9.18 Å². The Morgan fingerprint density at radius 1 is 1.07 bits per heavy atom. The zero-order valence-corrected chi connectivity index (χ0v) is 25.3. The van der Waals surface area contributed by atoms with Crippen LogP contribution in [-0.2, 0) is 19.1 Å². The molecule has 1 aromatic heterocycles. The summed E-state index contributed by atoms with van der Waals surface area (Å²) in [5.74, 6) is -2.99. The predicted molar refractivity (Wildman–Crippen MR) is 160 cm³/mol. The number of hydrogen-bond acceptors (Lipinski definition) is 8. The van der Waals surface area contributed by atoms with Crippen molar-refractivity contribution in [3.63, 3.8) is 0 Å². The Morgan fingerprint density at radius 2 is 1.77 bits per heavy atom. The van der Waals surface area contributed by atoms with Gasteiger partial charge >= 0.3 is 5.97 Å². The number of benzene rings is 2. The third-order valence-corrected chi connectivity index (χ3v) is 6.91. The number of anilines is 1. The molecule has 12 nitrogen and oxygen atoms in total. The van der Waals surface area contributed by atoms with Gasteiger partial charge in [-0.3, -0.25) is 14.4 Å². The largest absolute Gasteiger partial charge is 0.456 e. The molecule has 1 unspecified atom stereocenters. The highest BCUT2D eigenvalue weighted by molar-refractivity contribution is 6.31. The number of tetrazole rings is 1. The summed E-state index contributed by atoms with van der Waals surface area (Å²) in [4.78, 5) is 53.4. The van der Waals surface area contributed by atoms with E-state index in [0.717, 1.165) is 25.3 Å². The monoisotopic (exact) mass is 625 g/mol. The third-order valence-electron chi connectivity index (χ3n) is 6.61. The van der Waals surface area contributed by atoms with Crippen LogP contribution >= 0.6 is 11.6 Å². The Labute approximate surface area is 258 Å². The smallest absolute Gasteiger partial charge is 0.338 e. The lowest BCUT2D eigenvalue weighted by Crippen LogP contribution is -2.47. The second kappa shape index (κ2) is 14.2. The van der Waals surface area contributed by atoms with Gasteiger partial charge in [-0.05, 0) is 92.9 Å². The molecule has 0 saturated carbocycles. The molecule has 1 saturated heterocycles. The molecule has 1 fully saturated rings. The first-order chi connectivity index (χ1) is 20.9. The summed E-state index contributed by atoms with van der Waals surface area (Å²) < 4.78 is 21.5. The second-order valence-corrected chi connectivity index (χ2v) is 11.6. The van der Waals surface area contributed by atoms with Crippen molar-refractivity contribution in [2.24, 2.45) is 0 Å². The van der Waals surface area contributed by atoms with Gasteiger partial charge in [0.15, 0.2) is 5.82 Å². The lowest BCUT2D eigenvalue weighted by molar-refractivity contribution is -0.135. The number of carbonyl (C=O) groups excluding carboxylic acids is 4. The van der Waals surface area contributed by atoms with Crippen LogP contribution in [0.3, 0.4) is 0 Å². The summed E-state index contributed by atoms with van der Waals surface area (Å²) in [7, 11) is 0. The fourth-order valence-electron chi connectivity index (χ4n) is 4.48. The molecule has 3 amide bonds. The average molecular weight is 626 g/mol. The van der Waals surface area contributed by atoms with Crippen LogP contribution in [0.2, 0.25) is 5.02 Å². The molecule has 1 aliphatic heterocycles. The van der Waals surface area contributed by atoms with E-state index in [2.05, 4.69) is 26.2 Å². The molecule has 4 rings (SSSR count). The van der Waals surface area contributed by atoms with E-state index < -0.39 is 35.2 Å². The molecule has 2 heterocycles. The van der Waals surface area contributed by atoms with E-state index in [1.807, 2.05) is 0 Å². The standard InChI is InChI=1S/C30H33ClFN7O5/c1-30(2,3)44-29(43)19-7-9-20(10-8-19)34-28(42)23(17-26(41)38-15-5-4-6-16-38)35-25(40)14-11-21-24(39-18-33-36-37-39)13-12-22(31)27(21)32/h7-14,18,23H,4-6,15-17H2,1-3H3,(H,34,42)(H,35,40)/b14-11+. The highest BCUT2D eigenvalue weighted by Crippen LogP contribution is 2.25. The Morgan fingerprint density at radius 3 is 2.41 bits per heavy atom. The number of ether oxygens (including phenoxy) is 1. The zero-order valence-electron chi connectivity index (χ0n) is 24.5. The first kappa shape index (κ1) is 32.3. The van der Waals surface area contributed by atoms with Gasteiger partial charge in [0.25, 0.3) is 0 Å². The topological polar surface area (TPSA) is 148 Å². The van der Waals surface area contributed by atoms with Crippen LogP contribution in [0, 0.1) is 5.82 Å². The maximum atomic E-state index is 14.9. The van der Waals surface area contributed by atoms with Crippen LogP contribution < -0.4 is 10.6 Å². The summed E-state index contributed by atoms with van der Waals surface area (Å²) >= 11 is 5.96. The third kappa shape index (κ3) is 8.69. The first-order valence-corrected chi connectivity index (χ1v) is 14.4. The van der Waals surface area contributed by atoms with Crippen molar-refractivity contribution in [3.05, 3.63) is 70.8 Å². The molecule has 232 valence electrons. The van der Waals surface area contributed by atoms with Crippen LogP contribution in [-0.4, -0.2) is 73.5 Å². The van der Waals surface area contributed by atoms with Crippen molar-refractivity contribution < 1.29 is 28.3 Å². The molecule has 2 aromatic carbocycles. The molecule has 0 bridgehead atoms. The summed E-state index contributed by atoms with van der Waals surface area (Å²) in [6.07, 6.45) is 5.91. The minimum atomic E-state index is -1.25. The lowest BCUT2D eigenvalue weighted by Gasteiger charge is -2.28. The number of rotatable bonds is 9. The van der Waals surface area contributed by atoms with Gasteiger partial charge < -0.3 is 20.3 Å². The van der Waals surface area contributed by atoms with Crippen LogP contribution in [0.5, 0.6) is 0 Å². The minimum absolute atomic E-state index is 0.0598. The van der Waals surface area contributed by atoms with E-state index in [4.69, 9.17) is 16.3 Å². The summed E-state index contributed by atoms with van der Waals surface area (Å²) in [5, 5.41) is 15.9. The molecular weight excluding hydrogens is 593 g/mol. The number of nitrogens with zero attached hydrogens (tertiary/aromatic N) is 5. The van der Waals surface area contributed by atoms with Crippen molar-refractivity contribution >= 4 is 47.1 Å². The molecule has 14 heteroatoms. The van der Waals surface area contributed by atoms with Crippen molar-refractivity contribution in [2.45, 2.75) is 58.1 Å². The molecule has 1 atom stereocenters. The van der Waals surface area contributed by atoms with Crippen LogP contribution in [0.25, 0.3) is 11.8 Å². The highest BCUT2D eigenvalue weighted by atomic mass is 35.5. The van der Waals surface area contributed by atoms with Gasteiger partial charge in [-0.2, -0.15) is 4.68 Å². The zero-order chi connectivity index (χ0) is 31.9. The summed E-state index contributed by atoms with van der Waals surface area (Å²) in [6.45, 7) is 6.41. The van der Waals surface area contributed by atoms with Crippen molar-refractivity contribution in [2.75, 3.05) is 18.4 Å². The fraction of sp³-hybridized carbons (Fsp3) is 0.367. The molecule has 0 spiro atoms. The molecule has 44 heavy (non-hydrogen) atoms. The molecular formula is C30H33ClFN7O5. The van der Waals surface area contributed by atoms with Gasteiger partial charge in [-0.1, -0.05) is 11.6 Å². The number of halogens is 2. The van der Waals surface area contributed by atoms with E-state index in [1.54, 1.807) is 25.7 Å². The first-order valence-electron chi connectivity index (χ1n) is 14.0. The number of likely N-dealkylation sites (tertiary alicyclic amines) is 1. The van der Waals surface area contributed by atoms with Crippen molar-refractivity contribution in [1.29, 1.82) is 0 Å². The maximum absolute atomic E-state index is 14.9. The Bertz CT molecular complexity index is 1530. The van der Waals surface area contributed by atoms with Crippen LogP contribution in [0.4, 0.5) is 10.1 Å². The van der Waals surface area contributed by atoms with Gasteiger partial charge in [0, 0.05) is 30.4 Å². The number of aromatic nitrogens is 4. The summed E-state index contributed by atoms with van der Waals surface area (Å²) in [5.41, 5.74) is 0.135. The Kier molecular flexibility index (Phi) is 10.4. The number of hydrogen-bond donors (Lipinski definition) is 2. The van der Waals surface area contributed by atoms with E-state index in [0.29, 0.717) is 24.3 Å². The van der Waals surface area contributed by atoms with Gasteiger partial charge in [-0.15, -0.1) is 5.10 Å². The Balaban J connectivity index is 1.51. The molecule has 0 radical (unpaired) electrons. The molecule has 3 aromatic rings. The maximum Gasteiger partial charge on any atom is 0.338 e. The van der Waals surface area contributed by atoms with Crippen molar-refractivity contribution in [1.82, 2.24) is 30.4 Å². The van der Waals surface area contributed by atoms with Gasteiger partial charge in [0.2, 0.25) is 17.7 Å². The van der Waals surface area contributed by atoms with Gasteiger partial charge in [0.05, 0.1) is 22.7 Å². The molecule has 1 aliphatic rings. The SMILES string of the molecule is CC(C)(C)OC(=O)c1ccc(NC(=O)C(CC(=O)N2CCCCC2)NC(=O)/C=C/c2c(-n3cnnn3)ccc(Cl)c2F)cc1. The van der Waals surface area contributed by atoms with E-state index in [1.165, 1.54) is 53.5 Å². The molecule has 2 N–H and O–H groups in total. The fourth-order valence-corrected chi connectivity index (χ4v) is 4.64. The number of esters is 1. The second-order valence-electron chi connectivity index (χ2n) is 11.2. The number of piperidine rings is 1. The van der Waals surface area contributed by atoms with Crippen molar-refractivity contribution in [3.8, 4) is 5.69 Å². The van der Waals surface area contributed by atoms with Crippen LogP contribution in [0.1, 0.15) is 62.4 Å². The average Bonchev–Trinajstić information content (AvgIpc) is 3.52. The van der Waals surface area contributed by atoms with E-state index >= 15 is 0 Å². The van der Waals surface area contributed by atoms with Crippen LogP contribution in [0.15, 0.2) is 48.8 Å². The normalized spacial score (nSPS) is 14.2. The minimum Gasteiger partial charge on any atom is -0.456 e. The molecule has 0 aliphatic carbocycles. The van der Waals surface area contributed by atoms with Gasteiger partial charge in [0.1, 0.15) is 18.0 Å². The quantitative estimate of drug-likeness (QED) is 0.268. The predicted octanol–water partition coefficient (Wildman–Crippen LogP) is 3.95. The Hall–Kier alpha value is -4.65. The van der Waals surface area contributed by atoms with E-state index in [-0.39, 0.29) is 28.6 Å². The number of carbonyl (C=O) groups is 4. The highest BCUT2D eigenvalue weighted by Gasteiger charge is 2.27. The van der Waals surface area contributed by atoms with E-state index in [9.17, 15) is 23.6 Å². The number of amides is 3. The summed E-state index contributed by atoms with van der Waals surface area (Å²) in [6, 6.07) is 7.60. The lowest BCUT2D eigenvalue weighted by atomic mass is 10.1.